The number of halogens is 1. The zero-order chi connectivity index (χ0) is 21.8. The fourth-order valence-electron chi connectivity index (χ4n) is 3.56. The highest BCUT2D eigenvalue weighted by molar-refractivity contribution is 6.40. The van der Waals surface area contributed by atoms with E-state index >= 15 is 0 Å². The van der Waals surface area contributed by atoms with E-state index in [2.05, 4.69) is 40.8 Å². The summed E-state index contributed by atoms with van der Waals surface area (Å²) in [6, 6.07) is 12.7. The lowest BCUT2D eigenvalue weighted by molar-refractivity contribution is -0.136. The predicted octanol–water partition coefficient (Wildman–Crippen LogP) is 2.56. The van der Waals surface area contributed by atoms with E-state index in [-0.39, 0.29) is 23.8 Å². The van der Waals surface area contributed by atoms with Crippen LogP contribution in [-0.2, 0) is 16.0 Å². The molecular weight excluding hydrogens is 402 g/mol. The topological polar surface area (TPSA) is 88.5 Å². The fraction of sp³-hybridized carbons (Fsp3) is 0.318. The molecule has 3 rings (SSSR count). The Hall–Kier alpha value is -3.08. The SMILES string of the molecule is CN1CCc2cc([C@@H](CNC(=O)C(=O)Nc3cc(Cl)ccc3C#N)N(C)C)ccc21. The van der Waals surface area contributed by atoms with Crippen LogP contribution in [0.5, 0.6) is 0 Å². The number of nitrogens with one attached hydrogen (secondary N) is 2. The second kappa shape index (κ2) is 9.16. The van der Waals surface area contributed by atoms with Gasteiger partial charge in [0.25, 0.3) is 0 Å². The van der Waals surface area contributed by atoms with E-state index in [4.69, 9.17) is 16.9 Å². The largest absolute Gasteiger partial charge is 0.374 e. The number of fused-ring (bicyclic) bond motifs is 1. The lowest BCUT2D eigenvalue weighted by atomic mass is 10.0. The smallest absolute Gasteiger partial charge is 0.313 e. The van der Waals surface area contributed by atoms with Crippen LogP contribution in [0.2, 0.25) is 5.02 Å². The number of nitriles is 1. The van der Waals surface area contributed by atoms with Gasteiger partial charge < -0.3 is 20.4 Å². The maximum absolute atomic E-state index is 12.4. The second-order valence-corrected chi connectivity index (χ2v) is 7.94. The first-order chi connectivity index (χ1) is 14.3. The van der Waals surface area contributed by atoms with Crippen LogP contribution >= 0.6 is 11.6 Å². The first-order valence-electron chi connectivity index (χ1n) is 9.59. The van der Waals surface area contributed by atoms with Gasteiger partial charge in [0.05, 0.1) is 17.3 Å². The summed E-state index contributed by atoms with van der Waals surface area (Å²) in [6.45, 7) is 1.27. The molecular formula is C22H24ClN5O2. The van der Waals surface area contributed by atoms with Crippen molar-refractivity contribution in [2.45, 2.75) is 12.5 Å². The molecule has 0 aliphatic carbocycles. The quantitative estimate of drug-likeness (QED) is 0.719. The molecule has 2 aromatic carbocycles. The van der Waals surface area contributed by atoms with Gasteiger partial charge in [0.15, 0.2) is 0 Å². The average molecular weight is 426 g/mol. The molecule has 0 radical (unpaired) electrons. The summed E-state index contributed by atoms with van der Waals surface area (Å²) in [6.07, 6.45) is 0.995. The molecule has 2 N–H and O–H groups in total. The summed E-state index contributed by atoms with van der Waals surface area (Å²) in [5, 5.41) is 14.7. The van der Waals surface area contributed by atoms with Gasteiger partial charge in [-0.2, -0.15) is 5.26 Å². The summed E-state index contributed by atoms with van der Waals surface area (Å²) >= 11 is 5.92. The minimum atomic E-state index is -0.846. The number of carbonyl (C=O) groups is 2. The van der Waals surface area contributed by atoms with Gasteiger partial charge in [-0.1, -0.05) is 23.7 Å². The van der Waals surface area contributed by atoms with Crippen LogP contribution in [0.1, 0.15) is 22.7 Å². The number of hydrogen-bond acceptors (Lipinski definition) is 5. The molecule has 7 nitrogen and oxygen atoms in total. The maximum atomic E-state index is 12.4. The average Bonchev–Trinajstić information content (AvgIpc) is 3.08. The van der Waals surface area contributed by atoms with Gasteiger partial charge in [-0.05, 0) is 55.9 Å². The summed E-state index contributed by atoms with van der Waals surface area (Å²) < 4.78 is 0. The zero-order valence-corrected chi connectivity index (χ0v) is 18.0. The number of amides is 2. The number of rotatable bonds is 5. The predicted molar refractivity (Wildman–Crippen MR) is 118 cm³/mol. The van der Waals surface area contributed by atoms with Crippen molar-refractivity contribution in [3.05, 3.63) is 58.1 Å². The van der Waals surface area contributed by atoms with Crippen molar-refractivity contribution in [2.24, 2.45) is 0 Å². The molecule has 2 amide bonds. The third kappa shape index (κ3) is 4.73. The van der Waals surface area contributed by atoms with Gasteiger partial charge in [0.1, 0.15) is 6.07 Å². The first-order valence-corrected chi connectivity index (χ1v) is 9.97. The monoisotopic (exact) mass is 425 g/mol. The van der Waals surface area contributed by atoms with Crippen LogP contribution < -0.4 is 15.5 Å². The molecule has 0 saturated heterocycles. The molecule has 0 fully saturated rings. The number of nitrogens with zero attached hydrogens (tertiary/aromatic N) is 3. The molecule has 156 valence electrons. The number of hydrogen-bond donors (Lipinski definition) is 2. The maximum Gasteiger partial charge on any atom is 0.313 e. The highest BCUT2D eigenvalue weighted by atomic mass is 35.5. The molecule has 8 heteroatoms. The van der Waals surface area contributed by atoms with E-state index in [1.54, 1.807) is 6.07 Å². The Bertz CT molecular complexity index is 1020. The molecule has 0 aromatic heterocycles. The standard InChI is InChI=1S/C22H24ClN5O2/c1-27(2)20(14-5-7-19-15(10-14)8-9-28(19)3)13-25-21(29)22(30)26-18-11-17(23)6-4-16(18)12-24/h4-7,10-11,20H,8-9,13H2,1-3H3,(H,25,29)(H,26,30)/t20-/m1/s1. The van der Waals surface area contributed by atoms with Crippen molar-refractivity contribution in [1.82, 2.24) is 10.2 Å². The van der Waals surface area contributed by atoms with Crippen LogP contribution in [-0.4, -0.2) is 50.9 Å². The Balaban J connectivity index is 1.67. The number of benzene rings is 2. The van der Waals surface area contributed by atoms with Crippen LogP contribution in [0, 0.1) is 11.3 Å². The molecule has 0 unspecified atom stereocenters. The zero-order valence-electron chi connectivity index (χ0n) is 17.2. The second-order valence-electron chi connectivity index (χ2n) is 7.50. The van der Waals surface area contributed by atoms with Crippen LogP contribution in [0.4, 0.5) is 11.4 Å². The van der Waals surface area contributed by atoms with Gasteiger partial charge in [-0.3, -0.25) is 9.59 Å². The van der Waals surface area contributed by atoms with Gasteiger partial charge in [-0.25, -0.2) is 0 Å². The summed E-state index contributed by atoms with van der Waals surface area (Å²) in [5.74, 6) is -1.62. The van der Waals surface area contributed by atoms with E-state index in [0.717, 1.165) is 18.5 Å². The van der Waals surface area contributed by atoms with Crippen LogP contribution in [0.15, 0.2) is 36.4 Å². The summed E-state index contributed by atoms with van der Waals surface area (Å²) in [5.41, 5.74) is 4.04. The van der Waals surface area contributed by atoms with E-state index in [1.165, 1.54) is 23.4 Å². The molecule has 1 aliphatic rings. The molecule has 0 saturated carbocycles. The highest BCUT2D eigenvalue weighted by Gasteiger charge is 2.22. The Morgan fingerprint density at radius 2 is 2.00 bits per heavy atom. The molecule has 30 heavy (non-hydrogen) atoms. The molecule has 1 atom stereocenters. The summed E-state index contributed by atoms with van der Waals surface area (Å²) in [4.78, 5) is 28.9. The lowest BCUT2D eigenvalue weighted by Crippen LogP contribution is -2.40. The molecule has 0 bridgehead atoms. The third-order valence-electron chi connectivity index (χ3n) is 5.25. The Kier molecular flexibility index (Phi) is 6.60. The molecule has 1 heterocycles. The van der Waals surface area contributed by atoms with Gasteiger partial charge in [0, 0.05) is 30.8 Å². The van der Waals surface area contributed by atoms with E-state index in [1.807, 2.05) is 25.1 Å². The molecule has 0 spiro atoms. The highest BCUT2D eigenvalue weighted by Crippen LogP contribution is 2.30. The first kappa shape index (κ1) is 21.6. The van der Waals surface area contributed by atoms with Crippen LogP contribution in [0.3, 0.4) is 0 Å². The summed E-state index contributed by atoms with van der Waals surface area (Å²) in [7, 11) is 5.94. The van der Waals surface area contributed by atoms with Crippen molar-refractivity contribution in [3.8, 4) is 6.07 Å². The van der Waals surface area contributed by atoms with Crippen LogP contribution in [0.25, 0.3) is 0 Å². The van der Waals surface area contributed by atoms with Crippen molar-refractivity contribution >= 4 is 34.8 Å². The molecule has 2 aromatic rings. The van der Waals surface area contributed by atoms with Crippen molar-refractivity contribution in [3.63, 3.8) is 0 Å². The van der Waals surface area contributed by atoms with Crippen molar-refractivity contribution in [1.29, 1.82) is 5.26 Å². The third-order valence-corrected chi connectivity index (χ3v) is 5.49. The van der Waals surface area contributed by atoms with Crippen molar-refractivity contribution in [2.75, 3.05) is 44.4 Å². The Morgan fingerprint density at radius 1 is 1.23 bits per heavy atom. The fourth-order valence-corrected chi connectivity index (χ4v) is 3.73. The lowest BCUT2D eigenvalue weighted by Gasteiger charge is -2.26. The normalized spacial score (nSPS) is 13.5. The van der Waals surface area contributed by atoms with Gasteiger partial charge in [0.2, 0.25) is 0 Å². The Morgan fingerprint density at radius 3 is 2.70 bits per heavy atom. The minimum Gasteiger partial charge on any atom is -0.374 e. The van der Waals surface area contributed by atoms with Gasteiger partial charge >= 0.3 is 11.8 Å². The van der Waals surface area contributed by atoms with Gasteiger partial charge in [-0.15, -0.1) is 0 Å². The minimum absolute atomic E-state index is 0.0844. The van der Waals surface area contributed by atoms with Crippen molar-refractivity contribution < 1.29 is 9.59 Å². The number of carbonyl (C=O) groups excluding carboxylic acids is 2. The molecule has 1 aliphatic heterocycles. The number of likely N-dealkylation sites (N-methyl/N-ethyl adjacent to an activating group) is 2. The Labute approximate surface area is 181 Å². The van der Waals surface area contributed by atoms with E-state index in [9.17, 15) is 9.59 Å². The van der Waals surface area contributed by atoms with E-state index < -0.39 is 11.8 Å². The van der Waals surface area contributed by atoms with E-state index in [0.29, 0.717) is 5.02 Å². The number of anilines is 2.